The zero-order valence-corrected chi connectivity index (χ0v) is 14.9. The number of benzene rings is 2. The number of hydrogen-bond acceptors (Lipinski definition) is 2. The van der Waals surface area contributed by atoms with Crippen molar-refractivity contribution in [3.63, 3.8) is 0 Å². The van der Waals surface area contributed by atoms with Gasteiger partial charge in [0.15, 0.2) is 0 Å². The molecule has 2 aromatic rings. The minimum atomic E-state index is 0.503. The van der Waals surface area contributed by atoms with Crippen LogP contribution < -0.4 is 9.47 Å². The molecule has 0 aliphatic rings. The number of methoxy groups -OCH3 is 1. The summed E-state index contributed by atoms with van der Waals surface area (Å²) in [6.07, 6.45) is 0. The Morgan fingerprint density at radius 3 is 2.21 bits per heavy atom. The first-order valence-corrected chi connectivity index (χ1v) is 7.88. The van der Waals surface area contributed by atoms with Crippen LogP contribution in [-0.2, 0) is 6.61 Å². The van der Waals surface area contributed by atoms with Gasteiger partial charge in [0.25, 0.3) is 0 Å². The molecule has 0 N–H and O–H groups in total. The monoisotopic (exact) mass is 448 g/mol. The van der Waals surface area contributed by atoms with Crippen molar-refractivity contribution >= 4 is 47.8 Å². The Hall–Kier alpha value is -0.520. The molecule has 0 aliphatic carbocycles. The standard InChI is InChI=1S/C14H11Br3O2/c1-18-13-4-2-9(6-11(13)16)8-19-14-5-3-10(15)7-12(14)17/h2-7H,8H2,1H3. The lowest BCUT2D eigenvalue weighted by Gasteiger charge is -2.10. The second kappa shape index (κ2) is 6.77. The van der Waals surface area contributed by atoms with Crippen LogP contribution in [0.3, 0.4) is 0 Å². The Bertz CT molecular complexity index is 585. The molecule has 0 aromatic heterocycles. The van der Waals surface area contributed by atoms with E-state index >= 15 is 0 Å². The summed E-state index contributed by atoms with van der Waals surface area (Å²) in [4.78, 5) is 0. The Labute approximate surface area is 137 Å². The van der Waals surface area contributed by atoms with Crippen LogP contribution in [0, 0.1) is 0 Å². The first-order chi connectivity index (χ1) is 9.10. The average Bonchev–Trinajstić information content (AvgIpc) is 2.38. The summed E-state index contributed by atoms with van der Waals surface area (Å²) in [6.45, 7) is 0.503. The van der Waals surface area contributed by atoms with E-state index in [1.54, 1.807) is 7.11 Å². The Morgan fingerprint density at radius 1 is 0.895 bits per heavy atom. The molecule has 2 nitrogen and oxygen atoms in total. The first-order valence-electron chi connectivity index (χ1n) is 5.50. The molecule has 0 aliphatic heterocycles. The van der Waals surface area contributed by atoms with Gasteiger partial charge in [0.2, 0.25) is 0 Å². The van der Waals surface area contributed by atoms with E-state index in [2.05, 4.69) is 47.8 Å². The molecule has 19 heavy (non-hydrogen) atoms. The lowest BCUT2D eigenvalue weighted by Crippen LogP contribution is -1.96. The van der Waals surface area contributed by atoms with Crippen molar-refractivity contribution in [2.75, 3.05) is 7.11 Å². The van der Waals surface area contributed by atoms with Crippen LogP contribution >= 0.6 is 47.8 Å². The molecule has 100 valence electrons. The highest BCUT2D eigenvalue weighted by molar-refractivity contribution is 9.11. The molecule has 0 spiro atoms. The maximum atomic E-state index is 5.78. The van der Waals surface area contributed by atoms with E-state index in [1.165, 1.54) is 0 Å². The van der Waals surface area contributed by atoms with E-state index in [1.807, 2.05) is 36.4 Å². The van der Waals surface area contributed by atoms with Gasteiger partial charge in [-0.3, -0.25) is 0 Å². The van der Waals surface area contributed by atoms with Crippen LogP contribution in [0.5, 0.6) is 11.5 Å². The van der Waals surface area contributed by atoms with Crippen LogP contribution in [-0.4, -0.2) is 7.11 Å². The van der Waals surface area contributed by atoms with Gasteiger partial charge in [0.1, 0.15) is 18.1 Å². The minimum absolute atomic E-state index is 0.503. The summed E-state index contributed by atoms with van der Waals surface area (Å²) in [5.74, 6) is 1.63. The van der Waals surface area contributed by atoms with E-state index in [-0.39, 0.29) is 0 Å². The third-order valence-corrected chi connectivity index (χ3v) is 4.24. The van der Waals surface area contributed by atoms with E-state index in [9.17, 15) is 0 Å². The maximum Gasteiger partial charge on any atom is 0.134 e. The quantitative estimate of drug-likeness (QED) is 0.607. The molecule has 2 rings (SSSR count). The molecule has 0 saturated heterocycles. The van der Waals surface area contributed by atoms with Crippen molar-refractivity contribution in [1.29, 1.82) is 0 Å². The second-order valence-electron chi connectivity index (χ2n) is 3.83. The third-order valence-electron chi connectivity index (χ3n) is 2.50. The molecule has 0 heterocycles. The molecular formula is C14H11Br3O2. The van der Waals surface area contributed by atoms with E-state index < -0.39 is 0 Å². The van der Waals surface area contributed by atoms with E-state index in [0.29, 0.717) is 6.61 Å². The van der Waals surface area contributed by atoms with Crippen LogP contribution in [0.1, 0.15) is 5.56 Å². The third kappa shape index (κ3) is 3.97. The highest BCUT2D eigenvalue weighted by atomic mass is 79.9. The van der Waals surface area contributed by atoms with Crippen molar-refractivity contribution < 1.29 is 9.47 Å². The van der Waals surface area contributed by atoms with Gasteiger partial charge in [0.05, 0.1) is 16.1 Å². The van der Waals surface area contributed by atoms with Gasteiger partial charge in [-0.25, -0.2) is 0 Å². The van der Waals surface area contributed by atoms with E-state index in [4.69, 9.17) is 9.47 Å². The smallest absolute Gasteiger partial charge is 0.134 e. The van der Waals surface area contributed by atoms with Gasteiger partial charge in [-0.05, 0) is 67.8 Å². The second-order valence-corrected chi connectivity index (χ2v) is 6.46. The van der Waals surface area contributed by atoms with E-state index in [0.717, 1.165) is 30.5 Å². The van der Waals surface area contributed by atoms with Crippen molar-refractivity contribution in [3.8, 4) is 11.5 Å². The van der Waals surface area contributed by atoms with Crippen LogP contribution in [0.25, 0.3) is 0 Å². The van der Waals surface area contributed by atoms with Gasteiger partial charge in [-0.15, -0.1) is 0 Å². The van der Waals surface area contributed by atoms with Crippen molar-refractivity contribution in [2.45, 2.75) is 6.61 Å². The van der Waals surface area contributed by atoms with Gasteiger partial charge in [-0.1, -0.05) is 22.0 Å². The minimum Gasteiger partial charge on any atom is -0.496 e. The molecule has 0 fully saturated rings. The van der Waals surface area contributed by atoms with Gasteiger partial charge >= 0.3 is 0 Å². The van der Waals surface area contributed by atoms with Crippen LogP contribution in [0.4, 0.5) is 0 Å². The number of ether oxygens (including phenoxy) is 2. The maximum absolute atomic E-state index is 5.78. The summed E-state index contributed by atoms with van der Waals surface area (Å²) in [5.41, 5.74) is 1.07. The molecule has 0 amide bonds. The van der Waals surface area contributed by atoms with Gasteiger partial charge in [-0.2, -0.15) is 0 Å². The predicted octanol–water partition coefficient (Wildman–Crippen LogP) is 5.56. The fourth-order valence-corrected chi connectivity index (χ4v) is 3.30. The highest BCUT2D eigenvalue weighted by Crippen LogP contribution is 2.30. The summed E-state index contributed by atoms with van der Waals surface area (Å²) >= 11 is 10.3. The summed E-state index contributed by atoms with van der Waals surface area (Å²) in [7, 11) is 1.65. The van der Waals surface area contributed by atoms with Gasteiger partial charge < -0.3 is 9.47 Å². The van der Waals surface area contributed by atoms with Gasteiger partial charge in [0, 0.05) is 4.47 Å². The first kappa shape index (κ1) is 14.9. The number of rotatable bonds is 4. The molecule has 0 bridgehead atoms. The number of halogens is 3. The lowest BCUT2D eigenvalue weighted by molar-refractivity contribution is 0.304. The summed E-state index contributed by atoms with van der Waals surface area (Å²) in [6, 6.07) is 11.7. The summed E-state index contributed by atoms with van der Waals surface area (Å²) < 4.78 is 13.8. The SMILES string of the molecule is COc1ccc(COc2ccc(Br)cc2Br)cc1Br. The Morgan fingerprint density at radius 2 is 1.58 bits per heavy atom. The topological polar surface area (TPSA) is 18.5 Å². The van der Waals surface area contributed by atoms with Crippen molar-refractivity contribution in [2.24, 2.45) is 0 Å². The largest absolute Gasteiger partial charge is 0.496 e. The number of hydrogen-bond donors (Lipinski definition) is 0. The molecule has 5 heteroatoms. The van der Waals surface area contributed by atoms with Crippen molar-refractivity contribution in [1.82, 2.24) is 0 Å². The fourth-order valence-electron chi connectivity index (χ4n) is 1.55. The zero-order chi connectivity index (χ0) is 13.8. The molecule has 0 saturated carbocycles. The zero-order valence-electron chi connectivity index (χ0n) is 10.1. The molecular weight excluding hydrogens is 440 g/mol. The highest BCUT2D eigenvalue weighted by Gasteiger charge is 2.04. The Kier molecular flexibility index (Phi) is 5.30. The Balaban J connectivity index is 2.08. The lowest BCUT2D eigenvalue weighted by atomic mass is 10.2. The molecule has 0 unspecified atom stereocenters. The normalized spacial score (nSPS) is 10.3. The molecule has 0 atom stereocenters. The van der Waals surface area contributed by atoms with Crippen LogP contribution in [0.15, 0.2) is 49.8 Å². The van der Waals surface area contributed by atoms with Crippen molar-refractivity contribution in [3.05, 3.63) is 55.4 Å². The fraction of sp³-hybridized carbons (Fsp3) is 0.143. The average molecular weight is 451 g/mol. The predicted molar refractivity (Wildman–Crippen MR) is 86.9 cm³/mol. The molecule has 2 aromatic carbocycles. The van der Waals surface area contributed by atoms with Crippen LogP contribution in [0.2, 0.25) is 0 Å². The molecule has 0 radical (unpaired) electrons. The summed E-state index contributed by atoms with van der Waals surface area (Å²) in [5, 5.41) is 0.